The van der Waals surface area contributed by atoms with Crippen LogP contribution in [0, 0.1) is 17.5 Å². The number of amides is 3. The molecule has 0 spiro atoms. The summed E-state index contributed by atoms with van der Waals surface area (Å²) in [6.45, 7) is 16.8. The summed E-state index contributed by atoms with van der Waals surface area (Å²) in [5, 5.41) is 0. The van der Waals surface area contributed by atoms with Crippen LogP contribution >= 0.6 is 0 Å². The van der Waals surface area contributed by atoms with E-state index in [-0.39, 0.29) is 41.0 Å². The molecule has 9 nitrogen and oxygen atoms in total. The van der Waals surface area contributed by atoms with E-state index in [1.54, 1.807) is 6.07 Å². The number of carbonyl (C=O) groups is 3. The number of halogens is 3. The van der Waals surface area contributed by atoms with Gasteiger partial charge in [0.25, 0.3) is 17.7 Å². The highest BCUT2D eigenvalue weighted by molar-refractivity contribution is 5.91. The van der Waals surface area contributed by atoms with Crippen molar-refractivity contribution < 1.29 is 27.6 Å². The van der Waals surface area contributed by atoms with E-state index < -0.39 is 40.6 Å². The van der Waals surface area contributed by atoms with Crippen molar-refractivity contribution in [1.29, 1.82) is 0 Å². The predicted octanol–water partition coefficient (Wildman–Crippen LogP) is 5.49. The molecule has 3 amide bonds. The average Bonchev–Trinajstić information content (AvgIpc) is 2.83. The van der Waals surface area contributed by atoms with Gasteiger partial charge in [-0.15, -0.1) is 0 Å². The van der Waals surface area contributed by atoms with Crippen LogP contribution in [0.4, 0.5) is 13.2 Å². The molecule has 3 rings (SSSR count). The van der Waals surface area contributed by atoms with Crippen molar-refractivity contribution in [2.75, 3.05) is 0 Å². The number of aromatic nitrogens is 3. The summed E-state index contributed by atoms with van der Waals surface area (Å²) in [6.07, 6.45) is 1.03. The molecule has 0 aromatic carbocycles. The standard InChI is InChI=1S/3C10H13FN2O.CH4/c1-10(2,3)6-4-8(9(12)14)13-5-7(6)11;1-10(2,3)7-5-4-6(11)8(13-7)9(12)14;1-10(2,3)8-6(11)4-5-7(13-8)9(12)14;/h3*4-5H,1-3H3,(H2,12,14);1H4. The van der Waals surface area contributed by atoms with Crippen molar-refractivity contribution >= 4 is 17.7 Å². The third-order valence-electron chi connectivity index (χ3n) is 5.57. The number of rotatable bonds is 3. The van der Waals surface area contributed by atoms with Crippen molar-refractivity contribution in [3.05, 3.63) is 88.0 Å². The molecule has 12 heteroatoms. The molecule has 3 aromatic rings. The lowest BCUT2D eigenvalue weighted by atomic mass is 9.87. The third kappa shape index (κ3) is 11.4. The van der Waals surface area contributed by atoms with Crippen molar-refractivity contribution in [2.45, 2.75) is 86.0 Å². The van der Waals surface area contributed by atoms with E-state index in [4.69, 9.17) is 17.2 Å². The Kier molecular flexibility index (Phi) is 13.2. The zero-order valence-corrected chi connectivity index (χ0v) is 25.4. The Morgan fingerprint density at radius 3 is 1.56 bits per heavy atom. The van der Waals surface area contributed by atoms with Gasteiger partial charge in [-0.2, -0.15) is 0 Å². The van der Waals surface area contributed by atoms with Gasteiger partial charge >= 0.3 is 0 Å². The van der Waals surface area contributed by atoms with Gasteiger partial charge in [0.05, 0.1) is 11.9 Å². The molecule has 0 unspecified atom stereocenters. The van der Waals surface area contributed by atoms with E-state index in [2.05, 4.69) is 15.0 Å². The van der Waals surface area contributed by atoms with Crippen LogP contribution in [0.1, 0.15) is 118 Å². The van der Waals surface area contributed by atoms with Gasteiger partial charge in [-0.05, 0) is 41.3 Å². The minimum atomic E-state index is -0.839. The summed E-state index contributed by atoms with van der Waals surface area (Å²) >= 11 is 0. The van der Waals surface area contributed by atoms with Crippen molar-refractivity contribution in [1.82, 2.24) is 15.0 Å². The lowest BCUT2D eigenvalue weighted by Crippen LogP contribution is -2.20. The average molecular weight is 605 g/mol. The number of nitrogens with two attached hydrogens (primary N) is 3. The number of pyridine rings is 3. The number of hydrogen-bond acceptors (Lipinski definition) is 6. The fraction of sp³-hybridized carbons (Fsp3) is 0.419. The van der Waals surface area contributed by atoms with Crippen molar-refractivity contribution in [2.24, 2.45) is 17.2 Å². The summed E-state index contributed by atoms with van der Waals surface area (Å²) < 4.78 is 39.7. The molecule has 0 bridgehead atoms. The molecule has 0 aliphatic heterocycles. The summed E-state index contributed by atoms with van der Waals surface area (Å²) in [7, 11) is 0. The Balaban J connectivity index is 0.000000608. The quantitative estimate of drug-likeness (QED) is 0.357. The molecule has 3 heterocycles. The zero-order chi connectivity index (χ0) is 32.8. The van der Waals surface area contributed by atoms with Gasteiger partial charge in [0.2, 0.25) is 0 Å². The van der Waals surface area contributed by atoms with E-state index >= 15 is 0 Å². The predicted molar refractivity (Wildman–Crippen MR) is 161 cm³/mol. The maximum atomic E-state index is 13.3. The molecule has 0 saturated heterocycles. The number of carbonyl (C=O) groups excluding carboxylic acids is 3. The van der Waals surface area contributed by atoms with Crippen LogP contribution in [-0.4, -0.2) is 32.7 Å². The van der Waals surface area contributed by atoms with Gasteiger partial charge in [-0.1, -0.05) is 69.7 Å². The monoisotopic (exact) mass is 604 g/mol. The van der Waals surface area contributed by atoms with Crippen LogP contribution in [-0.2, 0) is 16.2 Å². The van der Waals surface area contributed by atoms with E-state index in [9.17, 15) is 27.6 Å². The Morgan fingerprint density at radius 2 is 1.14 bits per heavy atom. The summed E-state index contributed by atoms with van der Waals surface area (Å²) in [5.41, 5.74) is 15.3. The second-order valence-electron chi connectivity index (χ2n) is 12.4. The lowest BCUT2D eigenvalue weighted by Gasteiger charge is -2.19. The number of nitrogens with zero attached hydrogens (tertiary/aromatic N) is 3. The van der Waals surface area contributed by atoms with E-state index in [1.807, 2.05) is 62.3 Å². The molecule has 236 valence electrons. The fourth-order valence-corrected chi connectivity index (χ4v) is 3.29. The Morgan fingerprint density at radius 1 is 0.628 bits per heavy atom. The highest BCUT2D eigenvalue weighted by Crippen LogP contribution is 2.25. The van der Waals surface area contributed by atoms with Gasteiger partial charge < -0.3 is 17.2 Å². The van der Waals surface area contributed by atoms with Gasteiger partial charge in [-0.3, -0.25) is 14.4 Å². The normalized spacial score (nSPS) is 11.2. The minimum absolute atomic E-state index is 0. The SMILES string of the molecule is C.CC(C)(C)c1cc(C(N)=O)ncc1F.CC(C)(C)c1ccc(F)c(C(N)=O)n1.CC(C)(C)c1nc(C(N)=O)ccc1F. The molecular weight excluding hydrogens is 561 g/mol. The first-order valence-electron chi connectivity index (χ1n) is 12.9. The smallest absolute Gasteiger partial charge is 0.270 e. The Labute approximate surface area is 251 Å². The highest BCUT2D eigenvalue weighted by atomic mass is 19.1. The molecule has 0 fully saturated rings. The topological polar surface area (TPSA) is 168 Å². The first kappa shape index (κ1) is 38.6. The van der Waals surface area contributed by atoms with Gasteiger partial charge in [0.15, 0.2) is 11.5 Å². The molecule has 43 heavy (non-hydrogen) atoms. The zero-order valence-electron chi connectivity index (χ0n) is 25.4. The minimum Gasteiger partial charge on any atom is -0.364 e. The second kappa shape index (κ2) is 14.7. The van der Waals surface area contributed by atoms with Crippen LogP contribution in [0.15, 0.2) is 36.5 Å². The number of primary amides is 3. The van der Waals surface area contributed by atoms with Gasteiger partial charge in [0, 0.05) is 16.5 Å². The molecule has 0 aliphatic rings. The van der Waals surface area contributed by atoms with Crippen LogP contribution in [0.5, 0.6) is 0 Å². The molecule has 0 saturated carbocycles. The fourth-order valence-electron chi connectivity index (χ4n) is 3.29. The van der Waals surface area contributed by atoms with E-state index in [0.717, 1.165) is 6.20 Å². The van der Waals surface area contributed by atoms with Crippen molar-refractivity contribution in [3.63, 3.8) is 0 Å². The number of hydrogen-bond donors (Lipinski definition) is 3. The van der Waals surface area contributed by atoms with Crippen LogP contribution in [0.2, 0.25) is 0 Å². The van der Waals surface area contributed by atoms with Crippen molar-refractivity contribution in [3.8, 4) is 0 Å². The molecule has 0 aliphatic carbocycles. The Bertz CT molecular complexity index is 1380. The third-order valence-corrected chi connectivity index (χ3v) is 5.57. The second-order valence-corrected chi connectivity index (χ2v) is 12.4. The Hall–Kier alpha value is -4.35. The highest BCUT2D eigenvalue weighted by Gasteiger charge is 2.22. The maximum Gasteiger partial charge on any atom is 0.270 e. The lowest BCUT2D eigenvalue weighted by molar-refractivity contribution is 0.0983. The summed E-state index contributed by atoms with van der Waals surface area (Å²) in [4.78, 5) is 43.9. The summed E-state index contributed by atoms with van der Waals surface area (Å²) in [5.74, 6) is -3.63. The van der Waals surface area contributed by atoms with E-state index in [0.29, 0.717) is 11.3 Å². The molecule has 0 atom stereocenters. The van der Waals surface area contributed by atoms with Gasteiger partial charge in [-0.25, -0.2) is 28.1 Å². The van der Waals surface area contributed by atoms with Gasteiger partial charge in [0.1, 0.15) is 23.0 Å². The largest absolute Gasteiger partial charge is 0.364 e. The molecule has 6 N–H and O–H groups in total. The molecule has 0 radical (unpaired) electrons. The van der Waals surface area contributed by atoms with Crippen LogP contribution < -0.4 is 17.2 Å². The summed E-state index contributed by atoms with van der Waals surface area (Å²) in [6, 6.07) is 6.67. The first-order valence-corrected chi connectivity index (χ1v) is 12.9. The van der Waals surface area contributed by atoms with E-state index in [1.165, 1.54) is 24.3 Å². The molecular formula is C31H43F3N6O3. The first-order chi connectivity index (χ1) is 19.0. The van der Waals surface area contributed by atoms with Crippen LogP contribution in [0.3, 0.4) is 0 Å². The molecule has 3 aromatic heterocycles. The maximum absolute atomic E-state index is 13.3. The van der Waals surface area contributed by atoms with Crippen LogP contribution in [0.25, 0.3) is 0 Å².